The maximum absolute atomic E-state index is 11.4. The van der Waals surface area contributed by atoms with Gasteiger partial charge in [-0.2, -0.15) is 10.5 Å². The van der Waals surface area contributed by atoms with E-state index in [2.05, 4.69) is 12.1 Å². The number of carbonyl (C=O) groups is 2. The number of rotatable bonds is 0. The van der Waals surface area contributed by atoms with E-state index in [1.807, 2.05) is 24.3 Å². The number of amides is 2. The van der Waals surface area contributed by atoms with Crippen molar-refractivity contribution in [2.45, 2.75) is 9.79 Å². The third-order valence-electron chi connectivity index (χ3n) is 4.35. The topological polar surface area (TPSA) is 88.2 Å². The third-order valence-corrected chi connectivity index (χ3v) is 6.41. The Morgan fingerprint density at radius 3 is 1.54 bits per heavy atom. The van der Waals surface area contributed by atoms with Crippen LogP contribution in [0.4, 0.5) is 11.4 Å². The van der Waals surface area contributed by atoms with E-state index < -0.39 is 0 Å². The van der Waals surface area contributed by atoms with Crippen LogP contribution in [-0.2, 0) is 9.59 Å². The molecule has 0 unspecified atom stereocenters. The fourth-order valence-electron chi connectivity index (χ4n) is 2.69. The van der Waals surface area contributed by atoms with Gasteiger partial charge >= 0.3 is 0 Å². The number of hydrogen-bond donors (Lipinski definition) is 0. The zero-order valence-electron chi connectivity index (χ0n) is 15.3. The summed E-state index contributed by atoms with van der Waals surface area (Å²) < 4.78 is 0. The second-order valence-corrected chi connectivity index (χ2v) is 8.11. The Bertz CT molecular complexity index is 956. The lowest BCUT2D eigenvalue weighted by molar-refractivity contribution is -0.116. The summed E-state index contributed by atoms with van der Waals surface area (Å²) in [6, 6.07) is 14.9. The summed E-state index contributed by atoms with van der Waals surface area (Å²) in [6.07, 6.45) is 0. The maximum Gasteiger partial charge on any atom is 0.237 e. The molecule has 8 heteroatoms. The van der Waals surface area contributed by atoms with Crippen LogP contribution in [0.2, 0.25) is 0 Å². The minimum Gasteiger partial charge on any atom is -0.314 e. The molecule has 0 aliphatic carbocycles. The molecule has 0 N–H and O–H groups in total. The molecule has 0 bridgehead atoms. The highest BCUT2D eigenvalue weighted by Gasteiger charge is 2.22. The second-order valence-electron chi connectivity index (χ2n) is 6.07. The summed E-state index contributed by atoms with van der Waals surface area (Å²) in [7, 11) is 3.51. The number of benzene rings is 2. The van der Waals surface area contributed by atoms with Crippen LogP contribution in [-0.4, -0.2) is 37.4 Å². The van der Waals surface area contributed by atoms with Gasteiger partial charge in [-0.15, -0.1) is 23.5 Å². The van der Waals surface area contributed by atoms with Crippen molar-refractivity contribution >= 4 is 46.7 Å². The predicted octanol–water partition coefficient (Wildman–Crippen LogP) is 3.25. The third kappa shape index (κ3) is 3.99. The molecule has 0 saturated heterocycles. The van der Waals surface area contributed by atoms with Gasteiger partial charge in [0.1, 0.15) is 0 Å². The molecule has 2 heterocycles. The van der Waals surface area contributed by atoms with E-state index in [9.17, 15) is 9.59 Å². The molecule has 4 rings (SSSR count). The normalized spacial score (nSPS) is 14.9. The molecule has 2 aliphatic rings. The minimum atomic E-state index is 0.104. The number of hydrogen-bond acceptors (Lipinski definition) is 6. The zero-order chi connectivity index (χ0) is 20.3. The van der Waals surface area contributed by atoms with Crippen LogP contribution in [0.15, 0.2) is 46.2 Å². The first-order valence-corrected chi connectivity index (χ1v) is 10.3. The van der Waals surface area contributed by atoms with Crippen molar-refractivity contribution in [1.29, 1.82) is 10.5 Å². The number of fused-ring (bicyclic) bond motifs is 2. The number of nitriles is 2. The summed E-state index contributed by atoms with van der Waals surface area (Å²) >= 11 is 2.98. The highest BCUT2D eigenvalue weighted by atomic mass is 32.2. The largest absolute Gasteiger partial charge is 0.314 e. The maximum atomic E-state index is 11.4. The second kappa shape index (κ2) is 8.39. The van der Waals surface area contributed by atoms with Gasteiger partial charge in [0.15, 0.2) is 0 Å². The molecule has 0 fully saturated rings. The van der Waals surface area contributed by atoms with E-state index in [4.69, 9.17) is 10.5 Å². The van der Waals surface area contributed by atoms with Crippen LogP contribution in [0.1, 0.15) is 11.1 Å². The SMILES string of the molecule is CN1C(=O)CSc2cc(C#N)ccc21.CN1C(=O)CSc2cc(C#N)ccc21. The average Bonchev–Trinajstić information content (AvgIpc) is 2.73. The molecule has 140 valence electrons. The fourth-order valence-corrected chi connectivity index (χ4v) is 4.77. The Labute approximate surface area is 171 Å². The van der Waals surface area contributed by atoms with Crippen molar-refractivity contribution in [3.63, 3.8) is 0 Å². The Morgan fingerprint density at radius 1 is 0.786 bits per heavy atom. The first-order valence-electron chi connectivity index (χ1n) is 8.31. The van der Waals surface area contributed by atoms with Gasteiger partial charge in [-0.1, -0.05) is 0 Å². The number of thioether (sulfide) groups is 2. The first-order chi connectivity index (χ1) is 13.4. The Morgan fingerprint density at radius 2 is 1.18 bits per heavy atom. The lowest BCUT2D eigenvalue weighted by Gasteiger charge is -2.24. The van der Waals surface area contributed by atoms with Gasteiger partial charge in [0.2, 0.25) is 11.8 Å². The van der Waals surface area contributed by atoms with Gasteiger partial charge < -0.3 is 9.80 Å². The van der Waals surface area contributed by atoms with Gasteiger partial charge in [-0.25, -0.2) is 0 Å². The zero-order valence-corrected chi connectivity index (χ0v) is 16.9. The van der Waals surface area contributed by atoms with Gasteiger partial charge in [0, 0.05) is 23.9 Å². The molecule has 2 aromatic rings. The van der Waals surface area contributed by atoms with Gasteiger partial charge in [-0.3, -0.25) is 9.59 Å². The van der Waals surface area contributed by atoms with Crippen LogP contribution in [0.3, 0.4) is 0 Å². The predicted molar refractivity (Wildman–Crippen MR) is 111 cm³/mol. The Hall–Kier alpha value is -2.94. The number of anilines is 2. The number of carbonyl (C=O) groups excluding carboxylic acids is 2. The minimum absolute atomic E-state index is 0.104. The first kappa shape index (κ1) is 19.8. The molecule has 2 aromatic carbocycles. The molecule has 0 spiro atoms. The van der Waals surface area contributed by atoms with Crippen LogP contribution in [0, 0.1) is 22.7 Å². The summed E-state index contributed by atoms with van der Waals surface area (Å²) in [5, 5.41) is 17.4. The van der Waals surface area contributed by atoms with Crippen molar-refractivity contribution in [1.82, 2.24) is 0 Å². The van der Waals surface area contributed by atoms with Gasteiger partial charge in [-0.05, 0) is 36.4 Å². The highest BCUT2D eigenvalue weighted by Crippen LogP contribution is 2.35. The molecule has 0 saturated carbocycles. The molecule has 0 atom stereocenters. The quantitative estimate of drug-likeness (QED) is 0.665. The van der Waals surface area contributed by atoms with Crippen LogP contribution in [0.25, 0.3) is 0 Å². The highest BCUT2D eigenvalue weighted by molar-refractivity contribution is 8.00. The van der Waals surface area contributed by atoms with Crippen molar-refractivity contribution in [3.8, 4) is 12.1 Å². The molecule has 2 aliphatic heterocycles. The van der Waals surface area contributed by atoms with Gasteiger partial charge in [0.05, 0.1) is 46.1 Å². The Kier molecular flexibility index (Phi) is 5.93. The number of nitrogens with zero attached hydrogens (tertiary/aromatic N) is 4. The molecule has 2 amide bonds. The van der Waals surface area contributed by atoms with Crippen LogP contribution >= 0.6 is 23.5 Å². The molecule has 0 aromatic heterocycles. The van der Waals surface area contributed by atoms with Crippen LogP contribution < -0.4 is 9.80 Å². The van der Waals surface area contributed by atoms with Crippen LogP contribution in [0.5, 0.6) is 0 Å². The summed E-state index contributed by atoms with van der Waals surface area (Å²) in [6.45, 7) is 0. The molecular formula is C20H16N4O2S2. The molecular weight excluding hydrogens is 392 g/mol. The molecule has 6 nitrogen and oxygen atoms in total. The van der Waals surface area contributed by atoms with E-state index in [1.165, 1.54) is 23.5 Å². The lowest BCUT2D eigenvalue weighted by atomic mass is 10.2. The van der Waals surface area contributed by atoms with E-state index in [-0.39, 0.29) is 11.8 Å². The van der Waals surface area contributed by atoms with E-state index >= 15 is 0 Å². The summed E-state index contributed by atoms with van der Waals surface area (Å²) in [5.74, 6) is 1.12. The van der Waals surface area contributed by atoms with E-state index in [0.717, 1.165) is 21.2 Å². The Balaban J connectivity index is 0.000000161. The molecule has 28 heavy (non-hydrogen) atoms. The van der Waals surface area contributed by atoms with Crippen molar-refractivity contribution in [2.24, 2.45) is 0 Å². The van der Waals surface area contributed by atoms with Crippen molar-refractivity contribution in [2.75, 3.05) is 35.4 Å². The standard InChI is InChI=1S/2C10H8N2OS/c2*1-12-8-3-2-7(5-11)4-9(8)14-6-10(12)13/h2*2-4H,6H2,1H3. The van der Waals surface area contributed by atoms with E-state index in [0.29, 0.717) is 22.6 Å². The van der Waals surface area contributed by atoms with Gasteiger partial charge in [0.25, 0.3) is 0 Å². The smallest absolute Gasteiger partial charge is 0.237 e. The summed E-state index contributed by atoms with van der Waals surface area (Å²) in [4.78, 5) is 28.0. The molecule has 0 radical (unpaired) electrons. The van der Waals surface area contributed by atoms with E-state index in [1.54, 1.807) is 36.0 Å². The average molecular weight is 409 g/mol. The van der Waals surface area contributed by atoms with Crippen molar-refractivity contribution in [3.05, 3.63) is 47.5 Å². The van der Waals surface area contributed by atoms with Crippen molar-refractivity contribution < 1.29 is 9.59 Å². The lowest BCUT2D eigenvalue weighted by Crippen LogP contribution is -2.31. The summed E-state index contributed by atoms with van der Waals surface area (Å²) in [5.41, 5.74) is 3.06. The fraction of sp³-hybridized carbons (Fsp3) is 0.200. The monoisotopic (exact) mass is 408 g/mol.